The maximum atomic E-state index is 6.06. The third-order valence-electron chi connectivity index (χ3n) is 5.59. The first-order valence-electron chi connectivity index (χ1n) is 11.6. The van der Waals surface area contributed by atoms with E-state index in [0.717, 1.165) is 37.1 Å². The van der Waals surface area contributed by atoms with Gasteiger partial charge in [-0.1, -0.05) is 36.4 Å². The van der Waals surface area contributed by atoms with E-state index in [9.17, 15) is 0 Å². The number of nitrogens with zero attached hydrogens (tertiary/aromatic N) is 2. The third kappa shape index (κ3) is 7.37. The summed E-state index contributed by atoms with van der Waals surface area (Å²) in [7, 11) is 8.53. The lowest BCUT2D eigenvalue weighted by Crippen LogP contribution is -2.12. The highest BCUT2D eigenvalue weighted by atomic mass is 16.3. The van der Waals surface area contributed by atoms with Crippen LogP contribution < -0.4 is 0 Å². The molecule has 0 radical (unpaired) electrons. The lowest BCUT2D eigenvalue weighted by Gasteiger charge is -2.07. The van der Waals surface area contributed by atoms with E-state index in [1.807, 2.05) is 0 Å². The lowest BCUT2D eigenvalue weighted by molar-refractivity contribution is 0.395. The van der Waals surface area contributed by atoms with Crippen molar-refractivity contribution in [3.63, 3.8) is 0 Å². The minimum Gasteiger partial charge on any atom is -0.456 e. The van der Waals surface area contributed by atoms with Crippen LogP contribution in [0.5, 0.6) is 0 Å². The summed E-state index contributed by atoms with van der Waals surface area (Å²) in [5, 5.41) is 2.40. The molecule has 0 N–H and O–H groups in total. The summed E-state index contributed by atoms with van der Waals surface area (Å²) in [5.74, 6) is 0. The van der Waals surface area contributed by atoms with Crippen molar-refractivity contribution in [2.24, 2.45) is 0 Å². The largest absolute Gasteiger partial charge is 0.456 e. The molecule has 0 bridgehead atoms. The fourth-order valence-corrected chi connectivity index (χ4v) is 3.84. The maximum Gasteiger partial charge on any atom is 0.135 e. The standard InChI is InChI=1S/C28H38N2O/c1-29(2)19-11-7-5-9-13-23-15-17-27-25(21-23)26-22-24(16-18-28(26)31-27)14-10-6-8-12-20-30(3)4/h9-10,13-18,21-22H,5-8,11-12,19-20H2,1-4H3. The van der Waals surface area contributed by atoms with E-state index >= 15 is 0 Å². The molecule has 31 heavy (non-hydrogen) atoms. The van der Waals surface area contributed by atoms with Crippen LogP contribution in [0, 0.1) is 0 Å². The summed E-state index contributed by atoms with van der Waals surface area (Å²) in [6.07, 6.45) is 16.3. The molecule has 1 heterocycles. The van der Waals surface area contributed by atoms with Gasteiger partial charge < -0.3 is 14.2 Å². The number of benzene rings is 2. The summed E-state index contributed by atoms with van der Waals surface area (Å²) < 4.78 is 6.06. The van der Waals surface area contributed by atoms with E-state index in [2.05, 4.69) is 98.7 Å². The zero-order chi connectivity index (χ0) is 22.1. The van der Waals surface area contributed by atoms with Crippen molar-refractivity contribution < 1.29 is 4.42 Å². The van der Waals surface area contributed by atoms with Crippen molar-refractivity contribution in [2.45, 2.75) is 38.5 Å². The summed E-state index contributed by atoms with van der Waals surface area (Å²) in [6, 6.07) is 13.0. The Morgan fingerprint density at radius 1 is 0.645 bits per heavy atom. The molecule has 2 aromatic carbocycles. The highest BCUT2D eigenvalue weighted by Gasteiger charge is 2.07. The lowest BCUT2D eigenvalue weighted by atomic mass is 10.1. The maximum absolute atomic E-state index is 6.06. The molecule has 166 valence electrons. The number of rotatable bonds is 12. The highest BCUT2D eigenvalue weighted by molar-refractivity contribution is 6.06. The molecule has 1 aromatic heterocycles. The van der Waals surface area contributed by atoms with Crippen molar-refractivity contribution in [1.29, 1.82) is 0 Å². The molecule has 0 aliphatic carbocycles. The first kappa shape index (κ1) is 23.3. The number of unbranched alkanes of at least 4 members (excludes halogenated alkanes) is 4. The van der Waals surface area contributed by atoms with Crippen LogP contribution in [0.2, 0.25) is 0 Å². The molecule has 0 amide bonds. The first-order valence-corrected chi connectivity index (χ1v) is 11.6. The zero-order valence-electron chi connectivity index (χ0n) is 19.7. The van der Waals surface area contributed by atoms with Crippen LogP contribution in [-0.4, -0.2) is 51.1 Å². The Morgan fingerprint density at radius 3 is 1.52 bits per heavy atom. The van der Waals surface area contributed by atoms with E-state index in [0.29, 0.717) is 0 Å². The van der Waals surface area contributed by atoms with Gasteiger partial charge in [-0.25, -0.2) is 0 Å². The Balaban J connectivity index is 1.65. The molecule has 0 aliphatic heterocycles. The van der Waals surface area contributed by atoms with Gasteiger partial charge in [-0.3, -0.25) is 0 Å². The van der Waals surface area contributed by atoms with Crippen molar-refractivity contribution in [2.75, 3.05) is 41.3 Å². The predicted molar refractivity (Wildman–Crippen MR) is 137 cm³/mol. The highest BCUT2D eigenvalue weighted by Crippen LogP contribution is 2.31. The predicted octanol–water partition coefficient (Wildman–Crippen LogP) is 7.08. The minimum atomic E-state index is 0.961. The second-order valence-corrected chi connectivity index (χ2v) is 9.02. The van der Waals surface area contributed by atoms with Gasteiger partial charge >= 0.3 is 0 Å². The normalized spacial score (nSPS) is 12.6. The molecule has 0 fully saturated rings. The van der Waals surface area contributed by atoms with Gasteiger partial charge in [-0.2, -0.15) is 0 Å². The SMILES string of the molecule is CN(C)CCCCC=Cc1ccc2oc3ccc(C=CCCCCN(C)C)cc3c2c1. The summed E-state index contributed by atoms with van der Waals surface area (Å²) in [4.78, 5) is 4.49. The van der Waals surface area contributed by atoms with Crippen LogP contribution in [-0.2, 0) is 0 Å². The van der Waals surface area contributed by atoms with Crippen LogP contribution in [0.25, 0.3) is 34.1 Å². The van der Waals surface area contributed by atoms with Crippen LogP contribution in [0.15, 0.2) is 53.0 Å². The zero-order valence-corrected chi connectivity index (χ0v) is 19.7. The second-order valence-electron chi connectivity index (χ2n) is 9.02. The summed E-state index contributed by atoms with van der Waals surface area (Å²) in [5.41, 5.74) is 4.40. The minimum absolute atomic E-state index is 0.961. The van der Waals surface area contributed by atoms with Gasteiger partial charge in [0.15, 0.2) is 0 Å². The Kier molecular flexibility index (Phi) is 8.93. The Bertz CT molecular complexity index is 930. The molecule has 3 nitrogen and oxygen atoms in total. The smallest absolute Gasteiger partial charge is 0.135 e. The number of hydrogen-bond donors (Lipinski definition) is 0. The molecule has 0 unspecified atom stereocenters. The van der Waals surface area contributed by atoms with E-state index in [-0.39, 0.29) is 0 Å². The van der Waals surface area contributed by atoms with Crippen LogP contribution in [0.3, 0.4) is 0 Å². The van der Waals surface area contributed by atoms with Crippen molar-refractivity contribution >= 4 is 34.1 Å². The Morgan fingerprint density at radius 2 is 1.10 bits per heavy atom. The Labute approximate surface area is 188 Å². The van der Waals surface area contributed by atoms with Gasteiger partial charge in [-0.05, 0) is 115 Å². The van der Waals surface area contributed by atoms with Crippen LogP contribution >= 0.6 is 0 Å². The fraction of sp³-hybridized carbons (Fsp3) is 0.429. The number of fused-ring (bicyclic) bond motifs is 3. The average Bonchev–Trinajstić information content (AvgIpc) is 3.10. The van der Waals surface area contributed by atoms with Crippen molar-refractivity contribution in [3.05, 3.63) is 59.7 Å². The van der Waals surface area contributed by atoms with Crippen molar-refractivity contribution in [1.82, 2.24) is 9.80 Å². The molecular weight excluding hydrogens is 380 g/mol. The van der Waals surface area contributed by atoms with Gasteiger partial charge in [0, 0.05) is 10.8 Å². The van der Waals surface area contributed by atoms with E-state index < -0.39 is 0 Å². The van der Waals surface area contributed by atoms with Crippen molar-refractivity contribution in [3.8, 4) is 0 Å². The first-order chi connectivity index (χ1) is 15.0. The summed E-state index contributed by atoms with van der Waals surface area (Å²) >= 11 is 0. The van der Waals surface area contributed by atoms with E-state index in [4.69, 9.17) is 4.42 Å². The Hall–Kier alpha value is -2.36. The number of allylic oxidation sites excluding steroid dienone is 2. The molecule has 0 atom stereocenters. The molecule has 0 aliphatic rings. The molecule has 3 aromatic rings. The van der Waals surface area contributed by atoms with Gasteiger partial charge in [0.25, 0.3) is 0 Å². The van der Waals surface area contributed by atoms with Gasteiger partial charge in [-0.15, -0.1) is 0 Å². The van der Waals surface area contributed by atoms with Gasteiger partial charge in [0.05, 0.1) is 0 Å². The second kappa shape index (κ2) is 11.9. The average molecular weight is 419 g/mol. The molecule has 0 saturated carbocycles. The van der Waals surface area contributed by atoms with E-state index in [1.165, 1.54) is 47.6 Å². The fourth-order valence-electron chi connectivity index (χ4n) is 3.84. The molecular formula is C28H38N2O. The summed E-state index contributed by atoms with van der Waals surface area (Å²) in [6.45, 7) is 2.32. The molecule has 3 rings (SSSR count). The van der Waals surface area contributed by atoms with Gasteiger partial charge in [0.2, 0.25) is 0 Å². The topological polar surface area (TPSA) is 19.6 Å². The van der Waals surface area contributed by atoms with Crippen LogP contribution in [0.4, 0.5) is 0 Å². The molecule has 0 spiro atoms. The molecule has 0 saturated heterocycles. The quantitative estimate of drug-likeness (QED) is 0.293. The van der Waals surface area contributed by atoms with E-state index in [1.54, 1.807) is 0 Å². The van der Waals surface area contributed by atoms with Crippen LogP contribution in [0.1, 0.15) is 49.7 Å². The number of furan rings is 1. The number of hydrogen-bond acceptors (Lipinski definition) is 3. The molecule has 3 heteroatoms. The third-order valence-corrected chi connectivity index (χ3v) is 5.59. The van der Waals surface area contributed by atoms with Gasteiger partial charge in [0.1, 0.15) is 11.2 Å². The monoisotopic (exact) mass is 418 g/mol.